The molecule has 1 N–H and O–H groups in total. The second-order valence-corrected chi connectivity index (χ2v) is 5.45. The topological polar surface area (TPSA) is 12.0 Å². The summed E-state index contributed by atoms with van der Waals surface area (Å²) in [7, 11) is 2.03. The Hall–Kier alpha value is -1.60. The monoisotopic (exact) mass is 253 g/mol. The van der Waals surface area contributed by atoms with Crippen molar-refractivity contribution in [1.82, 2.24) is 5.32 Å². The Bertz CT molecular complexity index is 520. The van der Waals surface area contributed by atoms with Crippen molar-refractivity contribution < 1.29 is 0 Å². The molecule has 1 nitrogen and oxygen atoms in total. The molecule has 0 saturated carbocycles. The van der Waals surface area contributed by atoms with Crippen LogP contribution in [0.5, 0.6) is 0 Å². The third-order valence-corrected chi connectivity index (χ3v) is 3.55. The van der Waals surface area contributed by atoms with Crippen LogP contribution in [0.4, 0.5) is 0 Å². The largest absolute Gasteiger partial charge is 0.313 e. The first kappa shape index (κ1) is 13.8. The summed E-state index contributed by atoms with van der Waals surface area (Å²) < 4.78 is 0. The highest BCUT2D eigenvalue weighted by molar-refractivity contribution is 5.31. The molecular formula is C18H23N. The molecule has 0 aromatic heterocycles. The van der Waals surface area contributed by atoms with Crippen molar-refractivity contribution in [3.63, 3.8) is 0 Å². The van der Waals surface area contributed by atoms with E-state index in [1.54, 1.807) is 0 Å². The van der Waals surface area contributed by atoms with Gasteiger partial charge in [-0.2, -0.15) is 0 Å². The molecule has 0 aliphatic carbocycles. The van der Waals surface area contributed by atoms with Crippen molar-refractivity contribution >= 4 is 0 Å². The summed E-state index contributed by atoms with van der Waals surface area (Å²) in [5.74, 6) is 0. The van der Waals surface area contributed by atoms with Gasteiger partial charge in [0, 0.05) is 6.04 Å². The molecule has 1 unspecified atom stereocenters. The van der Waals surface area contributed by atoms with E-state index in [-0.39, 0.29) is 0 Å². The molecule has 0 saturated heterocycles. The molecule has 2 aromatic carbocycles. The van der Waals surface area contributed by atoms with E-state index in [9.17, 15) is 0 Å². The zero-order valence-corrected chi connectivity index (χ0v) is 12.3. The molecule has 0 spiro atoms. The minimum Gasteiger partial charge on any atom is -0.313 e. The lowest BCUT2D eigenvalue weighted by molar-refractivity contribution is 0.591. The van der Waals surface area contributed by atoms with Crippen LogP contribution in [0.1, 0.15) is 33.9 Å². The van der Waals surface area contributed by atoms with Crippen molar-refractivity contribution in [3.8, 4) is 0 Å². The molecular weight excluding hydrogens is 230 g/mol. The standard InChI is InChI=1S/C18H23N/c1-13-5-7-17(8-6-13)18(19-4)12-16-10-14(2)9-15(3)11-16/h5-11,18-19H,12H2,1-4H3. The van der Waals surface area contributed by atoms with Crippen LogP contribution in [0, 0.1) is 20.8 Å². The van der Waals surface area contributed by atoms with Gasteiger partial charge in [0.2, 0.25) is 0 Å². The van der Waals surface area contributed by atoms with Gasteiger partial charge in [0.15, 0.2) is 0 Å². The smallest absolute Gasteiger partial charge is 0.0358 e. The Morgan fingerprint density at radius 3 is 1.95 bits per heavy atom. The molecule has 2 rings (SSSR count). The fourth-order valence-corrected chi connectivity index (χ4v) is 2.61. The summed E-state index contributed by atoms with van der Waals surface area (Å²) in [5, 5.41) is 3.43. The SMILES string of the molecule is CNC(Cc1cc(C)cc(C)c1)c1ccc(C)cc1. The normalized spacial score (nSPS) is 12.4. The van der Waals surface area contributed by atoms with Crippen LogP contribution >= 0.6 is 0 Å². The van der Waals surface area contributed by atoms with Gasteiger partial charge in [0.25, 0.3) is 0 Å². The molecule has 100 valence electrons. The molecule has 0 radical (unpaired) electrons. The molecule has 2 aromatic rings. The number of likely N-dealkylation sites (N-methyl/N-ethyl adjacent to an activating group) is 1. The minimum absolute atomic E-state index is 0.377. The molecule has 0 amide bonds. The lowest BCUT2D eigenvalue weighted by atomic mass is 9.96. The maximum absolute atomic E-state index is 3.43. The summed E-state index contributed by atoms with van der Waals surface area (Å²) >= 11 is 0. The van der Waals surface area contributed by atoms with Gasteiger partial charge in [-0.05, 0) is 45.4 Å². The Morgan fingerprint density at radius 1 is 0.842 bits per heavy atom. The number of benzene rings is 2. The van der Waals surface area contributed by atoms with Crippen molar-refractivity contribution in [2.24, 2.45) is 0 Å². The summed E-state index contributed by atoms with van der Waals surface area (Å²) in [6.07, 6.45) is 1.03. The fourth-order valence-electron chi connectivity index (χ4n) is 2.61. The van der Waals surface area contributed by atoms with Crippen LogP contribution < -0.4 is 5.32 Å². The first-order valence-electron chi connectivity index (χ1n) is 6.89. The number of nitrogens with one attached hydrogen (secondary N) is 1. The van der Waals surface area contributed by atoms with E-state index in [2.05, 4.69) is 68.6 Å². The Morgan fingerprint density at radius 2 is 1.42 bits per heavy atom. The van der Waals surface area contributed by atoms with Gasteiger partial charge in [0.1, 0.15) is 0 Å². The predicted molar refractivity (Wildman–Crippen MR) is 82.6 cm³/mol. The third kappa shape index (κ3) is 3.68. The highest BCUT2D eigenvalue weighted by Crippen LogP contribution is 2.20. The van der Waals surface area contributed by atoms with Crippen molar-refractivity contribution in [3.05, 3.63) is 70.3 Å². The molecule has 0 fully saturated rings. The van der Waals surface area contributed by atoms with Crippen molar-refractivity contribution in [1.29, 1.82) is 0 Å². The third-order valence-electron chi connectivity index (χ3n) is 3.55. The number of rotatable bonds is 4. The molecule has 0 heterocycles. The number of hydrogen-bond donors (Lipinski definition) is 1. The zero-order chi connectivity index (χ0) is 13.8. The van der Waals surface area contributed by atoms with E-state index in [1.807, 2.05) is 7.05 Å². The Labute approximate surface area is 116 Å². The van der Waals surface area contributed by atoms with E-state index in [4.69, 9.17) is 0 Å². The first-order valence-corrected chi connectivity index (χ1v) is 6.89. The molecule has 1 heteroatoms. The van der Waals surface area contributed by atoms with Crippen LogP contribution in [-0.4, -0.2) is 7.05 Å². The first-order chi connectivity index (χ1) is 9.08. The maximum atomic E-state index is 3.43. The fraction of sp³-hybridized carbons (Fsp3) is 0.333. The Balaban J connectivity index is 2.21. The molecule has 0 aliphatic heterocycles. The molecule has 0 bridgehead atoms. The van der Waals surface area contributed by atoms with E-state index in [0.29, 0.717) is 6.04 Å². The van der Waals surface area contributed by atoms with E-state index in [0.717, 1.165) is 6.42 Å². The van der Waals surface area contributed by atoms with Crippen molar-refractivity contribution in [2.75, 3.05) is 7.05 Å². The molecule has 0 aliphatic rings. The minimum atomic E-state index is 0.377. The van der Waals surface area contributed by atoms with Gasteiger partial charge in [-0.3, -0.25) is 0 Å². The second-order valence-electron chi connectivity index (χ2n) is 5.45. The maximum Gasteiger partial charge on any atom is 0.0358 e. The lowest BCUT2D eigenvalue weighted by Crippen LogP contribution is -2.18. The van der Waals surface area contributed by atoms with E-state index < -0.39 is 0 Å². The van der Waals surface area contributed by atoms with Gasteiger partial charge >= 0.3 is 0 Å². The molecule has 19 heavy (non-hydrogen) atoms. The van der Waals surface area contributed by atoms with Gasteiger partial charge in [0.05, 0.1) is 0 Å². The average molecular weight is 253 g/mol. The quantitative estimate of drug-likeness (QED) is 0.864. The number of hydrogen-bond acceptors (Lipinski definition) is 1. The average Bonchev–Trinajstić information content (AvgIpc) is 2.36. The van der Waals surface area contributed by atoms with Crippen LogP contribution in [0.2, 0.25) is 0 Å². The molecule has 1 atom stereocenters. The summed E-state index contributed by atoms with van der Waals surface area (Å²) in [5.41, 5.74) is 6.75. The number of aryl methyl sites for hydroxylation is 3. The predicted octanol–water partition coefficient (Wildman–Crippen LogP) is 4.12. The summed E-state index contributed by atoms with van der Waals surface area (Å²) in [4.78, 5) is 0. The van der Waals surface area contributed by atoms with Crippen molar-refractivity contribution in [2.45, 2.75) is 33.2 Å². The van der Waals surface area contributed by atoms with E-state index in [1.165, 1.54) is 27.8 Å². The van der Waals surface area contributed by atoms with Crippen LogP contribution in [0.3, 0.4) is 0 Å². The zero-order valence-electron chi connectivity index (χ0n) is 12.3. The second kappa shape index (κ2) is 6.03. The summed E-state index contributed by atoms with van der Waals surface area (Å²) in [6, 6.07) is 16.0. The van der Waals surface area contributed by atoms with Gasteiger partial charge in [-0.15, -0.1) is 0 Å². The highest BCUT2D eigenvalue weighted by Gasteiger charge is 2.10. The summed E-state index contributed by atoms with van der Waals surface area (Å²) in [6.45, 7) is 6.45. The van der Waals surface area contributed by atoms with Gasteiger partial charge in [-0.25, -0.2) is 0 Å². The Kier molecular flexibility index (Phi) is 4.39. The van der Waals surface area contributed by atoms with Gasteiger partial charge < -0.3 is 5.32 Å². The van der Waals surface area contributed by atoms with Crippen LogP contribution in [-0.2, 0) is 6.42 Å². The van der Waals surface area contributed by atoms with Crippen LogP contribution in [0.15, 0.2) is 42.5 Å². The van der Waals surface area contributed by atoms with E-state index >= 15 is 0 Å². The lowest BCUT2D eigenvalue weighted by Gasteiger charge is -2.18. The highest BCUT2D eigenvalue weighted by atomic mass is 14.9. The van der Waals surface area contributed by atoms with Crippen LogP contribution in [0.25, 0.3) is 0 Å². The van der Waals surface area contributed by atoms with Gasteiger partial charge in [-0.1, -0.05) is 59.2 Å².